The summed E-state index contributed by atoms with van der Waals surface area (Å²) in [4.78, 5) is 15.8. The first-order chi connectivity index (χ1) is 8.59. The topological polar surface area (TPSA) is 46.9 Å². The minimum atomic E-state index is 0.0409. The molecule has 0 spiro atoms. The van der Waals surface area contributed by atoms with Gasteiger partial charge < -0.3 is 9.88 Å². The maximum Gasteiger partial charge on any atom is 0.222 e. The summed E-state index contributed by atoms with van der Waals surface area (Å²) >= 11 is 0. The first-order valence-electron chi connectivity index (χ1n) is 6.26. The lowest BCUT2D eigenvalue weighted by molar-refractivity contribution is -0.123. The van der Waals surface area contributed by atoms with Crippen LogP contribution in [0.5, 0.6) is 0 Å². The highest BCUT2D eigenvalue weighted by Gasteiger charge is 2.08. The molecule has 18 heavy (non-hydrogen) atoms. The van der Waals surface area contributed by atoms with Crippen LogP contribution < -0.4 is 5.32 Å². The average Bonchev–Trinajstić information content (AvgIpc) is 2.67. The van der Waals surface area contributed by atoms with E-state index >= 15 is 0 Å². The van der Waals surface area contributed by atoms with Gasteiger partial charge in [0.15, 0.2) is 0 Å². The first-order valence-corrected chi connectivity index (χ1v) is 6.26. The van der Waals surface area contributed by atoms with Gasteiger partial charge >= 0.3 is 0 Å². The minimum Gasteiger partial charge on any atom is -0.356 e. The smallest absolute Gasteiger partial charge is 0.222 e. The lowest BCUT2D eigenvalue weighted by atomic mass is 10.1. The molecule has 0 saturated carbocycles. The van der Waals surface area contributed by atoms with Crippen molar-refractivity contribution in [3.8, 4) is 0 Å². The number of pyridine rings is 1. The summed E-state index contributed by atoms with van der Waals surface area (Å²) in [6.07, 6.45) is 4.72. The second-order valence-electron chi connectivity index (χ2n) is 4.84. The summed E-state index contributed by atoms with van der Waals surface area (Å²) in [7, 11) is 1.99. The largest absolute Gasteiger partial charge is 0.356 e. The Labute approximate surface area is 107 Å². The minimum absolute atomic E-state index is 0.0409. The van der Waals surface area contributed by atoms with Crippen LogP contribution in [0.4, 0.5) is 0 Å². The number of aryl methyl sites for hydroxylation is 1. The Hall–Kier alpha value is -1.84. The van der Waals surface area contributed by atoms with E-state index in [0.717, 1.165) is 12.1 Å². The summed E-state index contributed by atoms with van der Waals surface area (Å²) in [5, 5.41) is 4.10. The molecule has 4 nitrogen and oxygen atoms in total. The van der Waals surface area contributed by atoms with Crippen molar-refractivity contribution in [3.63, 3.8) is 0 Å². The molecule has 0 aliphatic heterocycles. The number of hydrogen-bond acceptors (Lipinski definition) is 2. The van der Waals surface area contributed by atoms with Crippen molar-refractivity contribution in [1.29, 1.82) is 0 Å². The molecule has 0 aliphatic rings. The monoisotopic (exact) mass is 245 g/mol. The fourth-order valence-corrected chi connectivity index (χ4v) is 2.02. The molecule has 2 aromatic rings. The van der Waals surface area contributed by atoms with Crippen molar-refractivity contribution in [1.82, 2.24) is 14.9 Å². The van der Waals surface area contributed by atoms with E-state index in [2.05, 4.69) is 22.6 Å². The molecule has 0 unspecified atom stereocenters. The maximum atomic E-state index is 11.5. The highest BCUT2D eigenvalue weighted by atomic mass is 16.1. The van der Waals surface area contributed by atoms with Gasteiger partial charge in [0.1, 0.15) is 5.65 Å². The Morgan fingerprint density at radius 2 is 2.28 bits per heavy atom. The fraction of sp³-hybridized carbons (Fsp3) is 0.429. The lowest BCUT2D eigenvalue weighted by Gasteiger charge is -2.06. The maximum absolute atomic E-state index is 11.5. The summed E-state index contributed by atoms with van der Waals surface area (Å²) in [6, 6.07) is 4.01. The van der Waals surface area contributed by atoms with E-state index in [9.17, 15) is 4.79 Å². The molecule has 1 N–H and O–H groups in total. The van der Waals surface area contributed by atoms with Gasteiger partial charge in [0, 0.05) is 37.3 Å². The Bertz CT molecular complexity index is 557. The van der Waals surface area contributed by atoms with E-state index in [4.69, 9.17) is 0 Å². The lowest BCUT2D eigenvalue weighted by Crippen LogP contribution is -2.29. The molecule has 0 radical (unpaired) electrons. The predicted octanol–water partition coefficient (Wildman–Crippen LogP) is 1.89. The third-order valence-corrected chi connectivity index (χ3v) is 3.03. The van der Waals surface area contributed by atoms with Crippen LogP contribution in [0.15, 0.2) is 24.5 Å². The van der Waals surface area contributed by atoms with Crippen LogP contribution in [0.25, 0.3) is 11.0 Å². The third-order valence-electron chi connectivity index (χ3n) is 3.03. The number of aromatic nitrogens is 2. The zero-order valence-corrected chi connectivity index (χ0v) is 11.1. The molecular formula is C14H19N3O. The van der Waals surface area contributed by atoms with Crippen LogP contribution >= 0.6 is 0 Å². The van der Waals surface area contributed by atoms with E-state index < -0.39 is 0 Å². The van der Waals surface area contributed by atoms with Gasteiger partial charge in [-0.1, -0.05) is 13.8 Å². The van der Waals surface area contributed by atoms with Crippen LogP contribution in [0.1, 0.15) is 19.4 Å². The van der Waals surface area contributed by atoms with Crippen LogP contribution in [0, 0.1) is 5.92 Å². The zero-order valence-electron chi connectivity index (χ0n) is 11.1. The van der Waals surface area contributed by atoms with Gasteiger partial charge in [-0.2, -0.15) is 0 Å². The molecule has 0 bridgehead atoms. The molecule has 0 atom stereocenters. The van der Waals surface area contributed by atoms with Crippen LogP contribution in [0.2, 0.25) is 0 Å². The Morgan fingerprint density at radius 3 is 3.00 bits per heavy atom. The van der Waals surface area contributed by atoms with Crippen molar-refractivity contribution in [2.24, 2.45) is 13.0 Å². The second-order valence-corrected chi connectivity index (χ2v) is 4.84. The van der Waals surface area contributed by atoms with Crippen molar-refractivity contribution >= 4 is 16.9 Å². The van der Waals surface area contributed by atoms with Crippen molar-refractivity contribution in [2.75, 3.05) is 6.54 Å². The zero-order chi connectivity index (χ0) is 13.1. The number of nitrogens with one attached hydrogen (secondary N) is 1. The molecule has 2 heterocycles. The van der Waals surface area contributed by atoms with Gasteiger partial charge in [0.2, 0.25) is 5.91 Å². The van der Waals surface area contributed by atoms with Gasteiger partial charge in [-0.3, -0.25) is 4.79 Å². The second kappa shape index (κ2) is 5.21. The molecule has 0 fully saturated rings. The highest BCUT2D eigenvalue weighted by Crippen LogP contribution is 2.18. The molecule has 0 aliphatic carbocycles. The van der Waals surface area contributed by atoms with Gasteiger partial charge in [-0.05, 0) is 24.1 Å². The number of carbonyl (C=O) groups excluding carboxylic acids is 1. The van der Waals surface area contributed by atoms with Crippen LogP contribution in [-0.4, -0.2) is 22.0 Å². The average molecular weight is 245 g/mol. The summed E-state index contributed by atoms with van der Waals surface area (Å²) in [6.45, 7) is 4.47. The standard InChI is InChI=1S/C14H19N3O/c1-10(2)14(18)16-8-6-11-9-17(3)13-12(11)5-4-7-15-13/h4-5,7,9-10H,6,8H2,1-3H3,(H,16,18). The first kappa shape index (κ1) is 12.6. The van der Waals surface area contributed by atoms with E-state index in [-0.39, 0.29) is 11.8 Å². The summed E-state index contributed by atoms with van der Waals surface area (Å²) < 4.78 is 2.02. The molecule has 1 amide bonds. The van der Waals surface area contributed by atoms with Gasteiger partial charge in [-0.15, -0.1) is 0 Å². The predicted molar refractivity (Wildman–Crippen MR) is 72.3 cm³/mol. The Morgan fingerprint density at radius 1 is 1.50 bits per heavy atom. The van der Waals surface area contributed by atoms with Crippen LogP contribution in [0.3, 0.4) is 0 Å². The number of nitrogens with zero attached hydrogens (tertiary/aromatic N) is 2. The van der Waals surface area contributed by atoms with E-state index in [1.165, 1.54) is 10.9 Å². The van der Waals surface area contributed by atoms with Gasteiger partial charge in [-0.25, -0.2) is 4.98 Å². The van der Waals surface area contributed by atoms with E-state index in [1.807, 2.05) is 31.5 Å². The Balaban J connectivity index is 2.06. The summed E-state index contributed by atoms with van der Waals surface area (Å²) in [5.41, 5.74) is 2.22. The number of rotatable bonds is 4. The van der Waals surface area contributed by atoms with Gasteiger partial charge in [0.05, 0.1) is 0 Å². The number of carbonyl (C=O) groups is 1. The molecule has 0 aromatic carbocycles. The van der Waals surface area contributed by atoms with Crippen LogP contribution in [-0.2, 0) is 18.3 Å². The van der Waals surface area contributed by atoms with Crippen molar-refractivity contribution in [2.45, 2.75) is 20.3 Å². The van der Waals surface area contributed by atoms with E-state index in [0.29, 0.717) is 6.54 Å². The molecular weight excluding hydrogens is 226 g/mol. The number of hydrogen-bond donors (Lipinski definition) is 1. The Kier molecular flexibility index (Phi) is 3.65. The molecule has 96 valence electrons. The van der Waals surface area contributed by atoms with Gasteiger partial charge in [0.25, 0.3) is 0 Å². The quantitative estimate of drug-likeness (QED) is 0.894. The fourth-order valence-electron chi connectivity index (χ4n) is 2.02. The number of amides is 1. The third kappa shape index (κ3) is 2.53. The molecule has 4 heteroatoms. The van der Waals surface area contributed by atoms with Crippen molar-refractivity contribution in [3.05, 3.63) is 30.1 Å². The van der Waals surface area contributed by atoms with Crippen molar-refractivity contribution < 1.29 is 4.79 Å². The molecule has 2 rings (SSSR count). The molecule has 2 aromatic heterocycles. The van der Waals surface area contributed by atoms with E-state index in [1.54, 1.807) is 6.20 Å². The number of fused-ring (bicyclic) bond motifs is 1. The molecule has 0 saturated heterocycles. The highest BCUT2D eigenvalue weighted by molar-refractivity contribution is 5.80. The SMILES string of the molecule is CC(C)C(=O)NCCc1cn(C)c2ncccc12. The normalized spacial score (nSPS) is 11.1. The summed E-state index contributed by atoms with van der Waals surface area (Å²) in [5.74, 6) is 0.146.